The standard InChI is InChI=1S/C25H30FN3O3/c26-17-8-6-16(7-9-17)18-10-11-21-23-22(24(31)27-12-15-4-2-1-3-5-15)19(14-30)20(28-23)13-29(21)25(18)32/h6-11,15,19-20,22-23,28,30H,1-5,12-14H2,(H,27,31)/t19-,20-,22+,23+/m0/s1. The van der Waals surface area contributed by atoms with Gasteiger partial charge in [-0.2, -0.15) is 0 Å². The summed E-state index contributed by atoms with van der Waals surface area (Å²) >= 11 is 0. The van der Waals surface area contributed by atoms with Crippen LogP contribution >= 0.6 is 0 Å². The Morgan fingerprint density at radius 1 is 1.12 bits per heavy atom. The van der Waals surface area contributed by atoms with Crippen molar-refractivity contribution in [2.45, 2.75) is 50.7 Å². The van der Waals surface area contributed by atoms with Crippen molar-refractivity contribution in [3.63, 3.8) is 0 Å². The van der Waals surface area contributed by atoms with Gasteiger partial charge in [0.05, 0.1) is 12.0 Å². The van der Waals surface area contributed by atoms with E-state index in [4.69, 9.17) is 0 Å². The zero-order chi connectivity index (χ0) is 22.2. The molecule has 3 N–H and O–H groups in total. The third kappa shape index (κ3) is 3.77. The maximum Gasteiger partial charge on any atom is 0.258 e. The van der Waals surface area contributed by atoms with Crippen molar-refractivity contribution in [3.8, 4) is 11.1 Å². The first kappa shape index (κ1) is 21.3. The number of carbonyl (C=O) groups is 1. The highest BCUT2D eigenvalue weighted by Gasteiger charge is 2.50. The normalized spacial score (nSPS) is 27.2. The molecule has 2 aliphatic heterocycles. The predicted molar refractivity (Wildman–Crippen MR) is 119 cm³/mol. The summed E-state index contributed by atoms with van der Waals surface area (Å²) in [6, 6.07) is 9.08. The first-order valence-corrected chi connectivity index (χ1v) is 11.7. The van der Waals surface area contributed by atoms with Gasteiger partial charge < -0.3 is 20.3 Å². The molecule has 6 nitrogen and oxygen atoms in total. The first-order chi connectivity index (χ1) is 15.6. The summed E-state index contributed by atoms with van der Waals surface area (Å²) in [6.07, 6.45) is 6.04. The number of hydrogen-bond donors (Lipinski definition) is 3. The Morgan fingerprint density at radius 2 is 1.88 bits per heavy atom. The largest absolute Gasteiger partial charge is 0.396 e. The summed E-state index contributed by atoms with van der Waals surface area (Å²) < 4.78 is 15.0. The highest BCUT2D eigenvalue weighted by Crippen LogP contribution is 2.41. The predicted octanol–water partition coefficient (Wildman–Crippen LogP) is 2.60. The lowest BCUT2D eigenvalue weighted by Crippen LogP contribution is -2.43. The van der Waals surface area contributed by atoms with E-state index in [0.29, 0.717) is 30.1 Å². The Kier molecular flexibility index (Phi) is 5.86. The third-order valence-corrected chi connectivity index (χ3v) is 7.60. The number of halogens is 1. The van der Waals surface area contributed by atoms with E-state index in [2.05, 4.69) is 10.6 Å². The van der Waals surface area contributed by atoms with Crippen molar-refractivity contribution in [3.05, 3.63) is 58.3 Å². The van der Waals surface area contributed by atoms with Crippen LogP contribution < -0.4 is 16.2 Å². The van der Waals surface area contributed by atoms with Gasteiger partial charge in [-0.15, -0.1) is 0 Å². The number of nitrogens with zero attached hydrogens (tertiary/aromatic N) is 1. The molecule has 1 aliphatic carbocycles. The second kappa shape index (κ2) is 8.79. The van der Waals surface area contributed by atoms with E-state index in [1.54, 1.807) is 22.8 Å². The number of pyridine rings is 1. The molecule has 4 atom stereocenters. The quantitative estimate of drug-likeness (QED) is 0.669. The van der Waals surface area contributed by atoms with Gasteiger partial charge in [-0.3, -0.25) is 9.59 Å². The number of amides is 1. The minimum Gasteiger partial charge on any atom is -0.396 e. The lowest BCUT2D eigenvalue weighted by atomic mass is 9.85. The fourth-order valence-electron chi connectivity index (χ4n) is 5.85. The Bertz CT molecular complexity index is 1050. The van der Waals surface area contributed by atoms with Gasteiger partial charge in [0, 0.05) is 42.9 Å². The number of aliphatic hydroxyl groups is 1. The molecule has 32 heavy (non-hydrogen) atoms. The van der Waals surface area contributed by atoms with Crippen LogP contribution in [0.1, 0.15) is 43.8 Å². The highest BCUT2D eigenvalue weighted by atomic mass is 19.1. The van der Waals surface area contributed by atoms with Crippen molar-refractivity contribution >= 4 is 5.91 Å². The summed E-state index contributed by atoms with van der Waals surface area (Å²) in [5.74, 6) is -0.527. The number of fused-ring (bicyclic) bond motifs is 4. The topological polar surface area (TPSA) is 83.4 Å². The molecule has 1 amide bonds. The van der Waals surface area contributed by atoms with Crippen LogP contribution in [0.2, 0.25) is 0 Å². The van der Waals surface area contributed by atoms with Gasteiger partial charge in [-0.1, -0.05) is 31.4 Å². The molecule has 2 fully saturated rings. The molecule has 1 saturated carbocycles. The van der Waals surface area contributed by atoms with Crippen molar-refractivity contribution in [1.82, 2.24) is 15.2 Å². The van der Waals surface area contributed by atoms with Crippen molar-refractivity contribution in [1.29, 1.82) is 0 Å². The smallest absolute Gasteiger partial charge is 0.258 e. The third-order valence-electron chi connectivity index (χ3n) is 7.60. The van der Waals surface area contributed by atoms with Crippen LogP contribution in [-0.4, -0.2) is 34.8 Å². The molecular weight excluding hydrogens is 409 g/mol. The fraction of sp³-hybridized carbons (Fsp3) is 0.520. The fourth-order valence-corrected chi connectivity index (χ4v) is 5.85. The van der Waals surface area contributed by atoms with E-state index in [-0.39, 0.29) is 41.9 Å². The van der Waals surface area contributed by atoms with Crippen LogP contribution in [0.25, 0.3) is 11.1 Å². The number of nitrogens with one attached hydrogen (secondary N) is 2. The lowest BCUT2D eigenvalue weighted by Gasteiger charge is -2.28. The van der Waals surface area contributed by atoms with Gasteiger partial charge >= 0.3 is 0 Å². The van der Waals surface area contributed by atoms with Gasteiger partial charge in [0.1, 0.15) is 5.82 Å². The van der Waals surface area contributed by atoms with Gasteiger partial charge in [-0.05, 0) is 48.6 Å². The van der Waals surface area contributed by atoms with E-state index < -0.39 is 5.92 Å². The number of benzene rings is 1. The number of aliphatic hydroxyl groups excluding tert-OH is 1. The summed E-state index contributed by atoms with van der Waals surface area (Å²) in [5.41, 5.74) is 1.79. The van der Waals surface area contributed by atoms with Gasteiger partial charge in [0.25, 0.3) is 5.56 Å². The van der Waals surface area contributed by atoms with Crippen LogP contribution in [-0.2, 0) is 11.3 Å². The van der Waals surface area contributed by atoms with Crippen LogP contribution in [0.5, 0.6) is 0 Å². The average Bonchev–Trinajstić information content (AvgIpc) is 3.12. The first-order valence-electron chi connectivity index (χ1n) is 11.7. The van der Waals surface area contributed by atoms with E-state index in [1.807, 2.05) is 6.07 Å². The van der Waals surface area contributed by atoms with Crippen molar-refractivity contribution in [2.75, 3.05) is 13.2 Å². The van der Waals surface area contributed by atoms with E-state index in [0.717, 1.165) is 18.5 Å². The molecule has 1 aromatic heterocycles. The number of rotatable bonds is 5. The number of carbonyl (C=O) groups excluding carboxylic acids is 1. The minimum atomic E-state index is -0.418. The molecule has 170 valence electrons. The lowest BCUT2D eigenvalue weighted by molar-refractivity contribution is -0.127. The van der Waals surface area contributed by atoms with E-state index >= 15 is 0 Å². The molecule has 0 radical (unpaired) electrons. The minimum absolute atomic E-state index is 0.0434. The highest BCUT2D eigenvalue weighted by molar-refractivity contribution is 5.80. The average molecular weight is 440 g/mol. The second-order valence-corrected chi connectivity index (χ2v) is 9.47. The molecular formula is C25H30FN3O3. The van der Waals surface area contributed by atoms with Gasteiger partial charge in [-0.25, -0.2) is 4.39 Å². The van der Waals surface area contributed by atoms with Crippen LogP contribution in [0.4, 0.5) is 4.39 Å². The molecule has 1 aromatic carbocycles. The molecule has 1 saturated heterocycles. The molecule has 3 heterocycles. The summed E-state index contributed by atoms with van der Waals surface area (Å²) in [4.78, 5) is 26.5. The molecule has 2 aromatic rings. The van der Waals surface area contributed by atoms with E-state index in [1.165, 1.54) is 31.4 Å². The summed E-state index contributed by atoms with van der Waals surface area (Å²) in [7, 11) is 0. The zero-order valence-corrected chi connectivity index (χ0v) is 18.1. The van der Waals surface area contributed by atoms with Gasteiger partial charge in [0.2, 0.25) is 5.91 Å². The maximum atomic E-state index is 13.3. The number of aromatic nitrogens is 1. The monoisotopic (exact) mass is 439 g/mol. The summed E-state index contributed by atoms with van der Waals surface area (Å²) in [6.45, 7) is 0.974. The van der Waals surface area contributed by atoms with Crippen molar-refractivity contribution < 1.29 is 14.3 Å². The van der Waals surface area contributed by atoms with E-state index in [9.17, 15) is 19.1 Å². The molecule has 7 heteroatoms. The Hall–Kier alpha value is -2.51. The Balaban J connectivity index is 1.42. The van der Waals surface area contributed by atoms with Crippen LogP contribution in [0, 0.1) is 23.6 Å². The maximum absolute atomic E-state index is 13.3. The molecule has 3 aliphatic rings. The SMILES string of the molecule is O=C(NCC1CCCCC1)[C@@H]1[C@@H](CO)[C@@H]2Cn3c(ccc(-c4ccc(F)cc4)c3=O)[C@H]1N2. The second-order valence-electron chi connectivity index (χ2n) is 9.47. The molecule has 0 spiro atoms. The number of hydrogen-bond acceptors (Lipinski definition) is 4. The van der Waals surface area contributed by atoms with Gasteiger partial charge in [0.15, 0.2) is 0 Å². The molecule has 2 bridgehead atoms. The Labute approximate surface area is 186 Å². The van der Waals surface area contributed by atoms with Crippen molar-refractivity contribution in [2.24, 2.45) is 17.8 Å². The van der Waals surface area contributed by atoms with Crippen LogP contribution in [0.3, 0.4) is 0 Å². The Morgan fingerprint density at radius 3 is 2.59 bits per heavy atom. The van der Waals surface area contributed by atoms with Crippen LogP contribution in [0.15, 0.2) is 41.2 Å². The molecule has 5 rings (SSSR count). The zero-order valence-electron chi connectivity index (χ0n) is 18.1. The molecule has 0 unspecified atom stereocenters. The summed E-state index contributed by atoms with van der Waals surface area (Å²) in [5, 5.41) is 16.7.